The zero-order valence-corrected chi connectivity index (χ0v) is 43.2. The van der Waals surface area contributed by atoms with Crippen LogP contribution in [0, 0.1) is 11.8 Å². The number of hydrogen-bond donors (Lipinski definition) is 4. The fourth-order valence-corrected chi connectivity index (χ4v) is 7.35. The average Bonchev–Trinajstić information content (AvgIpc) is 3.30. The Hall–Kier alpha value is -6.07. The molecule has 390 valence electrons. The molecule has 2 unspecified atom stereocenters. The highest BCUT2D eigenvalue weighted by atomic mass is 32.2. The fourth-order valence-electron chi connectivity index (χ4n) is 7.04. The van der Waals surface area contributed by atoms with E-state index in [-0.39, 0.29) is 12.2 Å². The van der Waals surface area contributed by atoms with Crippen molar-refractivity contribution in [3.63, 3.8) is 0 Å². The first-order valence-electron chi connectivity index (χ1n) is 22.5. The number of ether oxygens (including phenoxy) is 5. The number of nitrogens with zero attached hydrogens (tertiary/aromatic N) is 3. The molecule has 1 aromatic rings. The van der Waals surface area contributed by atoms with Gasteiger partial charge in [0.15, 0.2) is 18.2 Å². The monoisotopic (exact) mass is 1010 g/mol. The number of nitrogens with one attached hydrogen (secondary N) is 3. The Kier molecular flexibility index (Phi) is 23.5. The minimum atomic E-state index is -1.89. The van der Waals surface area contributed by atoms with Crippen molar-refractivity contribution >= 4 is 71.1 Å². The van der Waals surface area contributed by atoms with Crippen LogP contribution in [-0.4, -0.2) is 186 Å². The zero-order chi connectivity index (χ0) is 53.5. The Morgan fingerprint density at radius 2 is 1.44 bits per heavy atom. The molecule has 6 amide bonds. The molecule has 1 aliphatic rings. The van der Waals surface area contributed by atoms with Crippen LogP contribution in [0.4, 0.5) is 0 Å². The molecule has 1 fully saturated rings. The molecular weight excluding hydrogens is 937 g/mol. The summed E-state index contributed by atoms with van der Waals surface area (Å²) in [5.74, 6) is -11.8. The highest BCUT2D eigenvalue weighted by Crippen LogP contribution is 2.23. The van der Waals surface area contributed by atoms with Crippen LogP contribution < -0.4 is 16.0 Å². The van der Waals surface area contributed by atoms with Crippen molar-refractivity contribution in [1.29, 1.82) is 0 Å². The van der Waals surface area contributed by atoms with Gasteiger partial charge in [-0.05, 0) is 51.3 Å². The maximum atomic E-state index is 15.0. The quantitative estimate of drug-likeness (QED) is 0.109. The number of cyclic esters (lactones) is 2. The maximum absolute atomic E-state index is 15.0. The molecule has 0 spiro atoms. The molecule has 1 aromatic carbocycles. The van der Waals surface area contributed by atoms with Crippen molar-refractivity contribution in [3.05, 3.63) is 48.2 Å². The van der Waals surface area contributed by atoms with Gasteiger partial charge in [0.2, 0.25) is 29.7 Å². The van der Waals surface area contributed by atoms with Crippen LogP contribution in [0.2, 0.25) is 0 Å². The van der Waals surface area contributed by atoms with Crippen LogP contribution in [0.1, 0.15) is 67.9 Å². The second-order valence-corrected chi connectivity index (χ2v) is 18.5. The van der Waals surface area contributed by atoms with Gasteiger partial charge in [0, 0.05) is 41.6 Å². The number of rotatable bonds is 14. The summed E-state index contributed by atoms with van der Waals surface area (Å²) < 4.78 is 28.3. The summed E-state index contributed by atoms with van der Waals surface area (Å²) in [4.78, 5) is 141. The lowest BCUT2D eigenvalue weighted by Crippen LogP contribution is -2.63. The molecule has 1 heterocycles. The van der Waals surface area contributed by atoms with Crippen molar-refractivity contribution in [2.45, 2.75) is 136 Å². The molecular formula is C47H70N6O16S. The predicted molar refractivity (Wildman–Crippen MR) is 254 cm³/mol. The molecule has 4 N–H and O–H groups in total. The smallest absolute Gasteiger partial charge is 0.350 e. The number of hydrogen-bond acceptors (Lipinski definition) is 17. The molecule has 0 saturated carbocycles. The highest BCUT2D eigenvalue weighted by molar-refractivity contribution is 7.99. The lowest BCUT2D eigenvalue weighted by atomic mass is 9.96. The van der Waals surface area contributed by atoms with Crippen LogP contribution in [-0.2, 0) is 78.1 Å². The number of esters is 4. The van der Waals surface area contributed by atoms with E-state index in [2.05, 4.69) is 22.5 Å². The third-order valence-corrected chi connectivity index (χ3v) is 12.1. The topological polar surface area (TPSA) is 283 Å². The Morgan fingerprint density at radius 3 is 1.97 bits per heavy atom. The molecule has 1 aliphatic heterocycles. The Labute approximate surface area is 413 Å². The van der Waals surface area contributed by atoms with E-state index in [1.807, 2.05) is 0 Å². The number of likely N-dealkylation sites (N-methyl/N-ethyl adjacent to an activating group) is 3. The van der Waals surface area contributed by atoms with E-state index >= 15 is 0 Å². The van der Waals surface area contributed by atoms with Gasteiger partial charge in [0.1, 0.15) is 42.1 Å². The van der Waals surface area contributed by atoms with Gasteiger partial charge < -0.3 is 59.4 Å². The number of amides is 6. The van der Waals surface area contributed by atoms with Crippen molar-refractivity contribution in [1.82, 2.24) is 30.7 Å². The minimum Gasteiger partial charge on any atom is -0.458 e. The van der Waals surface area contributed by atoms with E-state index < -0.39 is 144 Å². The number of carbonyl (C=O) groups excluding carboxylic acids is 10. The minimum absolute atomic E-state index is 0.183. The first-order valence-corrected chi connectivity index (χ1v) is 23.9. The number of carbonyl (C=O) groups is 10. The van der Waals surface area contributed by atoms with Crippen LogP contribution in [0.15, 0.2) is 42.6 Å². The summed E-state index contributed by atoms with van der Waals surface area (Å²) in [6, 6.07) is 0.222. The van der Waals surface area contributed by atoms with E-state index in [0.717, 1.165) is 40.4 Å². The molecule has 2 rings (SSSR count). The third-order valence-electron chi connectivity index (χ3n) is 11.6. The van der Waals surface area contributed by atoms with Crippen LogP contribution in [0.3, 0.4) is 0 Å². The van der Waals surface area contributed by atoms with Gasteiger partial charge in [0.25, 0.3) is 11.8 Å². The molecule has 0 aromatic heterocycles. The summed E-state index contributed by atoms with van der Waals surface area (Å²) in [5, 5.41) is 18.4. The normalized spacial score (nSPS) is 24.8. The first kappa shape index (κ1) is 60.1. The number of aliphatic hydroxyl groups excluding tert-OH is 1. The van der Waals surface area contributed by atoms with Crippen LogP contribution in [0.25, 0.3) is 0 Å². The SMILES string of the molecule is C=C1C(=O)N[C@@H](C)C(=O)N(C)[C@@H](C)C(=O)N[C@@H]([C@H](OC(=O)C(OC(=O)CSC)[C@H](O)C(C)C)C(C)C)C(=O)N(C)C([C@@H](C)OC)C(=O)O[C@H](C)[C@H](NC(C)=O)C(=O)O[C@H](Cc2ccccc2)C(=O)N1C. The Balaban J connectivity index is 2.90. The molecule has 22 nitrogen and oxygen atoms in total. The fraction of sp³-hybridized carbons (Fsp3) is 0.617. The van der Waals surface area contributed by atoms with E-state index in [4.69, 9.17) is 23.7 Å². The summed E-state index contributed by atoms with van der Waals surface area (Å²) in [6.07, 6.45) is -8.15. The number of aliphatic hydroxyl groups is 1. The molecule has 1 saturated heterocycles. The van der Waals surface area contributed by atoms with Crippen molar-refractivity contribution < 1.29 is 76.7 Å². The van der Waals surface area contributed by atoms with Gasteiger partial charge in [-0.1, -0.05) is 64.6 Å². The largest absolute Gasteiger partial charge is 0.458 e. The van der Waals surface area contributed by atoms with Crippen molar-refractivity contribution in [2.24, 2.45) is 11.8 Å². The van der Waals surface area contributed by atoms with Crippen LogP contribution >= 0.6 is 11.8 Å². The summed E-state index contributed by atoms with van der Waals surface area (Å²) in [6.45, 7) is 16.2. The van der Waals surface area contributed by atoms with Gasteiger partial charge in [-0.15, -0.1) is 0 Å². The van der Waals surface area contributed by atoms with Crippen molar-refractivity contribution in [2.75, 3.05) is 40.3 Å². The van der Waals surface area contributed by atoms with Gasteiger partial charge in [-0.3, -0.25) is 33.6 Å². The molecule has 70 heavy (non-hydrogen) atoms. The standard InChI is InChI=1S/C47H70N6O16S/c1-23(2)37(56)39(68-33(55)22-70-15)47(64)69-38(24(3)4)35-44(61)53(13)36(29(9)65-14)46(63)66-28(8)34(49-30(10)54)45(62)67-32(21-31-19-17-16-18-20-31)43(60)52(12)26(6)40(57)48-25(5)42(59)51(11)27(7)41(58)50-35/h16-20,23-25,27-29,32,34-39,56H,6,21-22H2,1-5,7-15H3,(H,48,57)(H,49,54)(H,50,58)/t25-,27-,28+,29+,32+,34-,35-,36?,37+,38+,39?/m0/s1. The van der Waals surface area contributed by atoms with Gasteiger partial charge in [0.05, 0.1) is 11.9 Å². The highest BCUT2D eigenvalue weighted by Gasteiger charge is 2.46. The predicted octanol–water partition coefficient (Wildman–Crippen LogP) is 0.121. The van der Waals surface area contributed by atoms with Gasteiger partial charge in [-0.2, -0.15) is 11.8 Å². The molecule has 0 bridgehead atoms. The number of benzene rings is 1. The van der Waals surface area contributed by atoms with Crippen LogP contribution in [0.5, 0.6) is 0 Å². The summed E-state index contributed by atoms with van der Waals surface area (Å²) in [7, 11) is 4.82. The lowest BCUT2D eigenvalue weighted by molar-refractivity contribution is -0.184. The molecule has 11 atom stereocenters. The van der Waals surface area contributed by atoms with E-state index in [1.54, 1.807) is 50.4 Å². The first-order chi connectivity index (χ1) is 32.6. The number of methoxy groups -OCH3 is 1. The van der Waals surface area contributed by atoms with E-state index in [9.17, 15) is 53.1 Å². The second kappa shape index (κ2) is 27.4. The summed E-state index contributed by atoms with van der Waals surface area (Å²) >= 11 is 1.09. The molecule has 23 heteroatoms. The molecule has 0 radical (unpaired) electrons. The van der Waals surface area contributed by atoms with E-state index in [1.165, 1.54) is 62.7 Å². The zero-order valence-electron chi connectivity index (χ0n) is 42.3. The van der Waals surface area contributed by atoms with Crippen molar-refractivity contribution in [3.8, 4) is 0 Å². The third kappa shape index (κ3) is 16.3. The second-order valence-electron chi connectivity index (χ2n) is 17.6. The lowest BCUT2D eigenvalue weighted by Gasteiger charge is -2.38. The van der Waals surface area contributed by atoms with Gasteiger partial charge in [-0.25, -0.2) is 14.4 Å². The van der Waals surface area contributed by atoms with E-state index in [0.29, 0.717) is 5.56 Å². The Bertz CT molecular complexity index is 2070. The summed E-state index contributed by atoms with van der Waals surface area (Å²) in [5.41, 5.74) is 0.0456. The maximum Gasteiger partial charge on any atom is 0.350 e. The number of thioether (sulfide) groups is 1. The Morgan fingerprint density at radius 1 is 0.843 bits per heavy atom. The van der Waals surface area contributed by atoms with Gasteiger partial charge >= 0.3 is 23.9 Å². The molecule has 0 aliphatic carbocycles. The average molecular weight is 1010 g/mol.